The van der Waals surface area contributed by atoms with Crippen LogP contribution in [-0.2, 0) is 32.1 Å². The van der Waals surface area contributed by atoms with Gasteiger partial charge in [-0.2, -0.15) is 0 Å². The molecule has 1 amide bonds. The maximum absolute atomic E-state index is 13.4. The van der Waals surface area contributed by atoms with Crippen molar-refractivity contribution in [1.82, 2.24) is 10.2 Å². The van der Waals surface area contributed by atoms with Crippen LogP contribution >= 0.6 is 15.9 Å². The van der Waals surface area contributed by atoms with E-state index in [0.29, 0.717) is 25.9 Å². The van der Waals surface area contributed by atoms with Gasteiger partial charge in [0.1, 0.15) is 17.8 Å². The van der Waals surface area contributed by atoms with Crippen LogP contribution in [-0.4, -0.2) is 55.8 Å². The van der Waals surface area contributed by atoms with Gasteiger partial charge in [0.05, 0.1) is 17.1 Å². The van der Waals surface area contributed by atoms with E-state index < -0.39 is 17.4 Å². The molecule has 8 heteroatoms. The third kappa shape index (κ3) is 8.14. The molecular weight excluding hydrogens is 548 g/mol. The SMILES string of the molecule is CCOC(=O)C1(C(=O)N[C@@H](CCCCN(C)C)C(=O)Cc2ccc(COc3ccccc3Br)cc2)CCC1. The number of nitrogens with zero attached hydrogens (tertiary/aromatic N) is 1. The molecule has 0 spiro atoms. The zero-order valence-corrected chi connectivity index (χ0v) is 24.2. The molecule has 0 saturated heterocycles. The molecule has 1 aliphatic carbocycles. The highest BCUT2D eigenvalue weighted by Crippen LogP contribution is 2.42. The summed E-state index contributed by atoms with van der Waals surface area (Å²) in [6.07, 6.45) is 4.18. The number of ether oxygens (including phenoxy) is 2. The Kier molecular flexibility index (Phi) is 11.3. The maximum Gasteiger partial charge on any atom is 0.321 e. The average molecular weight is 588 g/mol. The molecule has 1 fully saturated rings. The molecule has 38 heavy (non-hydrogen) atoms. The normalized spacial score (nSPS) is 14.9. The van der Waals surface area contributed by atoms with Crippen molar-refractivity contribution >= 4 is 33.6 Å². The molecule has 1 aliphatic rings. The van der Waals surface area contributed by atoms with E-state index in [0.717, 1.165) is 47.2 Å². The Hall–Kier alpha value is -2.71. The van der Waals surface area contributed by atoms with E-state index in [9.17, 15) is 14.4 Å². The molecule has 0 unspecified atom stereocenters. The molecule has 3 rings (SSSR count). The van der Waals surface area contributed by atoms with Crippen LogP contribution in [0.1, 0.15) is 56.6 Å². The number of esters is 1. The predicted molar refractivity (Wildman–Crippen MR) is 151 cm³/mol. The number of hydrogen-bond acceptors (Lipinski definition) is 6. The lowest BCUT2D eigenvalue weighted by molar-refractivity contribution is -0.167. The molecule has 2 aromatic carbocycles. The lowest BCUT2D eigenvalue weighted by Crippen LogP contribution is -2.55. The van der Waals surface area contributed by atoms with E-state index in [1.54, 1.807) is 6.92 Å². The van der Waals surface area contributed by atoms with Crippen molar-refractivity contribution in [2.45, 2.75) is 64.5 Å². The first-order valence-electron chi connectivity index (χ1n) is 13.4. The Balaban J connectivity index is 1.63. The monoisotopic (exact) mass is 586 g/mol. The fourth-order valence-corrected chi connectivity index (χ4v) is 4.91. The number of unbranched alkanes of at least 4 members (excludes halogenated alkanes) is 1. The molecular formula is C30H39BrN2O5. The Labute approximate surface area is 234 Å². The molecule has 0 bridgehead atoms. The van der Waals surface area contributed by atoms with E-state index >= 15 is 0 Å². The van der Waals surface area contributed by atoms with Crippen LogP contribution in [0.4, 0.5) is 0 Å². The number of benzene rings is 2. The van der Waals surface area contributed by atoms with Gasteiger partial charge in [-0.05, 0) is 98.9 Å². The second-order valence-corrected chi connectivity index (χ2v) is 11.0. The summed E-state index contributed by atoms with van der Waals surface area (Å²) in [7, 11) is 4.02. The predicted octanol–water partition coefficient (Wildman–Crippen LogP) is 5.09. The fraction of sp³-hybridized carbons (Fsp3) is 0.500. The Morgan fingerprint density at radius 1 is 1.03 bits per heavy atom. The summed E-state index contributed by atoms with van der Waals surface area (Å²) in [4.78, 5) is 41.3. The van der Waals surface area contributed by atoms with Crippen molar-refractivity contribution in [1.29, 1.82) is 0 Å². The number of hydrogen-bond donors (Lipinski definition) is 1. The van der Waals surface area contributed by atoms with E-state index in [4.69, 9.17) is 9.47 Å². The Morgan fingerprint density at radius 3 is 2.32 bits per heavy atom. The Bertz CT molecular complexity index is 1080. The van der Waals surface area contributed by atoms with Crippen LogP contribution in [0.15, 0.2) is 53.0 Å². The minimum atomic E-state index is -1.16. The molecule has 0 heterocycles. The summed E-state index contributed by atoms with van der Waals surface area (Å²) in [6, 6.07) is 14.8. The van der Waals surface area contributed by atoms with Crippen LogP contribution in [0, 0.1) is 5.41 Å². The number of nitrogens with one attached hydrogen (secondary N) is 1. The van der Waals surface area contributed by atoms with Crippen LogP contribution in [0.3, 0.4) is 0 Å². The van der Waals surface area contributed by atoms with Crippen molar-refractivity contribution in [3.63, 3.8) is 0 Å². The van der Waals surface area contributed by atoms with Crippen molar-refractivity contribution in [2.75, 3.05) is 27.2 Å². The first kappa shape index (κ1) is 29.8. The molecule has 0 aromatic heterocycles. The second-order valence-electron chi connectivity index (χ2n) is 10.2. The summed E-state index contributed by atoms with van der Waals surface area (Å²) in [5.41, 5.74) is 0.705. The lowest BCUT2D eigenvalue weighted by atomic mass is 9.68. The lowest BCUT2D eigenvalue weighted by Gasteiger charge is -2.38. The summed E-state index contributed by atoms with van der Waals surface area (Å²) < 4.78 is 12.0. The van der Waals surface area contributed by atoms with Crippen molar-refractivity contribution in [3.05, 3.63) is 64.1 Å². The van der Waals surface area contributed by atoms with Crippen molar-refractivity contribution in [3.8, 4) is 5.75 Å². The summed E-state index contributed by atoms with van der Waals surface area (Å²) >= 11 is 3.48. The molecule has 1 atom stereocenters. The van der Waals surface area contributed by atoms with Crippen molar-refractivity contribution in [2.24, 2.45) is 5.41 Å². The third-order valence-corrected chi connectivity index (χ3v) is 7.64. The highest BCUT2D eigenvalue weighted by atomic mass is 79.9. The zero-order valence-electron chi connectivity index (χ0n) is 22.6. The van der Waals surface area contributed by atoms with E-state index in [2.05, 4.69) is 26.1 Å². The molecule has 1 saturated carbocycles. The Morgan fingerprint density at radius 2 is 1.71 bits per heavy atom. The first-order valence-corrected chi connectivity index (χ1v) is 14.1. The van der Waals surface area contributed by atoms with Crippen LogP contribution in [0.2, 0.25) is 0 Å². The largest absolute Gasteiger partial charge is 0.488 e. The van der Waals surface area contributed by atoms with Crippen LogP contribution in [0.5, 0.6) is 5.75 Å². The molecule has 1 N–H and O–H groups in total. The van der Waals surface area contributed by atoms with Crippen molar-refractivity contribution < 1.29 is 23.9 Å². The summed E-state index contributed by atoms with van der Waals surface area (Å²) in [5.74, 6) is -0.152. The molecule has 2 aromatic rings. The summed E-state index contributed by atoms with van der Waals surface area (Å²) in [5, 5.41) is 2.94. The van der Waals surface area contributed by atoms with Gasteiger partial charge in [-0.15, -0.1) is 0 Å². The van der Waals surface area contributed by atoms with Gasteiger partial charge in [0, 0.05) is 6.42 Å². The number of amides is 1. The average Bonchev–Trinajstić information content (AvgIpc) is 2.85. The molecule has 7 nitrogen and oxygen atoms in total. The minimum Gasteiger partial charge on any atom is -0.488 e. The van der Waals surface area contributed by atoms with E-state index in [-0.39, 0.29) is 24.7 Å². The van der Waals surface area contributed by atoms with Gasteiger partial charge >= 0.3 is 5.97 Å². The van der Waals surface area contributed by atoms with E-state index in [1.165, 1.54) is 0 Å². The number of para-hydroxylation sites is 1. The van der Waals surface area contributed by atoms with Crippen LogP contribution < -0.4 is 10.1 Å². The van der Waals surface area contributed by atoms with Gasteiger partial charge in [-0.3, -0.25) is 14.4 Å². The quantitative estimate of drug-likeness (QED) is 0.178. The van der Waals surface area contributed by atoms with Gasteiger partial charge in [-0.25, -0.2) is 0 Å². The fourth-order valence-electron chi connectivity index (χ4n) is 4.51. The van der Waals surface area contributed by atoms with Gasteiger partial charge in [0.25, 0.3) is 0 Å². The number of halogens is 1. The van der Waals surface area contributed by atoms with E-state index in [1.807, 2.05) is 62.6 Å². The summed E-state index contributed by atoms with van der Waals surface area (Å²) in [6.45, 7) is 3.28. The number of carbonyl (C=O) groups excluding carboxylic acids is 3. The van der Waals surface area contributed by atoms with Gasteiger partial charge < -0.3 is 19.7 Å². The van der Waals surface area contributed by atoms with Gasteiger partial charge in [-0.1, -0.05) is 42.8 Å². The standard InChI is InChI=1S/C30H39BrN2O5/c1-4-37-29(36)30(17-9-18-30)28(35)32-25(11-7-8-19-33(2)3)26(34)20-22-13-15-23(16-14-22)21-38-27-12-6-5-10-24(27)31/h5-6,10,12-16,25H,4,7-9,11,17-21H2,1-3H3,(H,32,35)/t25-/m0/s1. The number of ketones is 1. The van der Waals surface area contributed by atoms with Gasteiger partial charge in [0.15, 0.2) is 5.78 Å². The zero-order chi connectivity index (χ0) is 27.5. The topological polar surface area (TPSA) is 84.9 Å². The molecule has 0 aliphatic heterocycles. The molecule has 206 valence electrons. The minimum absolute atomic E-state index is 0.0567. The highest BCUT2D eigenvalue weighted by molar-refractivity contribution is 9.10. The number of Topliss-reactive ketones (excluding diaryl/α,β-unsaturated/α-hetero) is 1. The second kappa shape index (κ2) is 14.4. The first-order chi connectivity index (χ1) is 18.2. The van der Waals surface area contributed by atoms with Gasteiger partial charge in [0.2, 0.25) is 5.91 Å². The van der Waals surface area contributed by atoms with Crippen LogP contribution in [0.25, 0.3) is 0 Å². The third-order valence-electron chi connectivity index (χ3n) is 6.98. The number of carbonyl (C=O) groups is 3. The molecule has 0 radical (unpaired) electrons. The maximum atomic E-state index is 13.4. The highest BCUT2D eigenvalue weighted by Gasteiger charge is 2.52. The number of rotatable bonds is 15. The smallest absolute Gasteiger partial charge is 0.321 e.